The normalized spacial score (nSPS) is 16.0. The largest absolute Gasteiger partial charge is 0.355 e. The zero-order chi connectivity index (χ0) is 79.2. The van der Waals surface area contributed by atoms with Crippen LogP contribution in [0.4, 0.5) is 56.7 Å². The molecule has 0 saturated carbocycles. The number of rotatable bonds is 12. The first-order valence-electron chi connectivity index (χ1n) is 37.6. The van der Waals surface area contributed by atoms with Crippen LogP contribution in [0.3, 0.4) is 0 Å². The van der Waals surface area contributed by atoms with E-state index in [1.54, 1.807) is 24.8 Å². The van der Waals surface area contributed by atoms with Crippen LogP contribution in [0.5, 0.6) is 0 Å². The van der Waals surface area contributed by atoms with Crippen LogP contribution in [-0.2, 0) is 5.41 Å². The molecule has 12 aromatic rings. The van der Waals surface area contributed by atoms with E-state index in [0.717, 1.165) is 137 Å². The second-order valence-corrected chi connectivity index (χ2v) is 31.5. The summed E-state index contributed by atoms with van der Waals surface area (Å²) in [6.45, 7) is 42.1. The zero-order valence-corrected chi connectivity index (χ0v) is 68.1. The molecule has 0 unspecified atom stereocenters. The third-order valence-electron chi connectivity index (χ3n) is 20.9. The summed E-state index contributed by atoms with van der Waals surface area (Å²) in [4.78, 5) is 91.2. The monoisotopic (exact) mass is 1590 g/mol. The molecule has 4 aromatic carbocycles. The maximum Gasteiger partial charge on any atom is 0.324 e. The fraction of sp³-hybridized carbons (Fsp3) is 0.341. The predicted molar refractivity (Wildman–Crippen MR) is 456 cm³/mol. The van der Waals surface area contributed by atoms with E-state index in [0.29, 0.717) is 77.2 Å². The molecule has 0 aliphatic carbocycles. The molecule has 4 saturated heterocycles. The van der Waals surface area contributed by atoms with Gasteiger partial charge < -0.3 is 69.8 Å². The molecule has 4 amide bonds. The Morgan fingerprint density at radius 1 is 0.393 bits per heavy atom. The lowest BCUT2D eigenvalue weighted by Gasteiger charge is -2.40. The number of hydrogen-bond acceptors (Lipinski definition) is 18. The van der Waals surface area contributed by atoms with Crippen LogP contribution >= 0.6 is 46.4 Å². The Kier molecular flexibility index (Phi) is 24.2. The Labute approximate surface area is 672 Å². The molecule has 8 N–H and O–H groups in total. The highest BCUT2D eigenvalue weighted by Gasteiger charge is 2.32. The number of carbonyl (C=O) groups excluding carboxylic acids is 2. The van der Waals surface area contributed by atoms with E-state index in [9.17, 15) is 9.59 Å². The molecule has 4 aliphatic rings. The summed E-state index contributed by atoms with van der Waals surface area (Å²) >= 11 is 25.1. The van der Waals surface area contributed by atoms with Crippen molar-refractivity contribution in [2.45, 2.75) is 93.7 Å². The van der Waals surface area contributed by atoms with Crippen LogP contribution in [0, 0.1) is 41.5 Å². The smallest absolute Gasteiger partial charge is 0.324 e. The number of piperazine rings is 4. The van der Waals surface area contributed by atoms with Gasteiger partial charge in [0.15, 0.2) is 0 Å². The fourth-order valence-corrected chi connectivity index (χ4v) is 15.0. The number of nitrogens with one attached hydrogen (secondary N) is 8. The number of anilines is 8. The van der Waals surface area contributed by atoms with Gasteiger partial charge >= 0.3 is 12.1 Å². The summed E-state index contributed by atoms with van der Waals surface area (Å²) in [7, 11) is 0. The van der Waals surface area contributed by atoms with Gasteiger partial charge in [0.1, 0.15) is 34.9 Å². The SMILES string of the molecule is C=C(Nc1nc2cc(C)c(C)cc2[nH]1)N1CCN(c2ncccc2Cl)CC1.C=C(Nc1nc2ccc(C(C)(C)C)cc2[nH]1)N1CCN(c2ncccc2Cl)CC1.Cc1cc2nc(NC(=O)N3CCN(c4ncccc4Cl)C[C@@H]3C)[nH]c2cc1C.Cc1cc2nc(NC(=O)N3CCN(c4ncccc4Cl)C[C@H]3C)[nH]c2cc1C. The lowest BCUT2D eigenvalue weighted by atomic mass is 9.87. The summed E-state index contributed by atoms with van der Waals surface area (Å²) in [6.07, 6.45) is 7.02. The molecule has 26 nitrogen and oxygen atoms in total. The molecule has 0 bridgehead atoms. The van der Waals surface area contributed by atoms with Crippen molar-refractivity contribution in [3.63, 3.8) is 0 Å². The highest BCUT2D eigenvalue weighted by Crippen LogP contribution is 2.32. The van der Waals surface area contributed by atoms with Gasteiger partial charge in [-0.2, -0.15) is 0 Å². The van der Waals surface area contributed by atoms with E-state index < -0.39 is 0 Å². The average molecular weight is 1590 g/mol. The van der Waals surface area contributed by atoms with E-state index in [2.05, 4.69) is 216 Å². The number of urea groups is 2. The van der Waals surface area contributed by atoms with Crippen molar-refractivity contribution in [3.8, 4) is 0 Å². The Morgan fingerprint density at radius 2 is 0.688 bits per heavy atom. The standard InChI is InChI=1S/C22H27ClN6.2C20H23ClN6O.C20H23ClN6/c1-15(28-10-12-29(13-11-28)20-17(23)6-5-9-24-20)25-21-26-18-8-7-16(22(2,3)4)14-19(18)27-21;2*1-12-9-16-17(10-13(12)2)24-19(23-16)25-20(28)27-8-7-26(11-14(27)3)18-15(21)5-4-6-22-18;1-13-11-17-18(12-14(13)2)25-20(24-17)23-15(3)26-7-9-27(10-8-26)19-16(21)5-4-6-22-19/h5-9,14H,1,10-13H2,2-4H3,(H2,25,26,27);2*4-6,9-10,14H,7-8,11H2,1-3H3,(H2,23,24,25,28);4-6,11-12H,3,7-10H2,1-2H3,(H2,23,24,25)/t;2*14-;/m.10./s1. The Balaban J connectivity index is 0.000000131. The third kappa shape index (κ3) is 18.6. The lowest BCUT2D eigenvalue weighted by molar-refractivity contribution is 0.184. The maximum atomic E-state index is 12.8. The van der Waals surface area contributed by atoms with Gasteiger partial charge in [-0.25, -0.2) is 49.5 Å². The van der Waals surface area contributed by atoms with Crippen molar-refractivity contribution in [3.05, 3.63) is 212 Å². The molecule has 0 spiro atoms. The molecule has 2 atom stereocenters. The van der Waals surface area contributed by atoms with E-state index in [1.807, 2.05) is 96.4 Å². The number of hydrogen-bond donors (Lipinski definition) is 8. The van der Waals surface area contributed by atoms with E-state index in [4.69, 9.17) is 46.4 Å². The molecule has 112 heavy (non-hydrogen) atoms. The van der Waals surface area contributed by atoms with Crippen molar-refractivity contribution in [1.82, 2.24) is 79.4 Å². The zero-order valence-electron chi connectivity index (χ0n) is 65.1. The van der Waals surface area contributed by atoms with E-state index >= 15 is 0 Å². The molecular weight excluding hydrogens is 1490 g/mol. The van der Waals surface area contributed by atoms with E-state index in [-0.39, 0.29) is 29.6 Å². The van der Waals surface area contributed by atoms with Gasteiger partial charge in [0.2, 0.25) is 23.8 Å². The summed E-state index contributed by atoms with van der Waals surface area (Å²) in [5, 5.41) is 15.1. The van der Waals surface area contributed by atoms with Gasteiger partial charge in [-0.3, -0.25) is 10.6 Å². The summed E-state index contributed by atoms with van der Waals surface area (Å²) < 4.78 is 0. The minimum absolute atomic E-state index is 0.0145. The first-order chi connectivity index (χ1) is 53.7. The van der Waals surface area contributed by atoms with Crippen LogP contribution < -0.4 is 40.9 Å². The minimum atomic E-state index is -0.160. The number of fused-ring (bicyclic) bond motifs is 4. The molecule has 4 fully saturated rings. The number of carbonyl (C=O) groups is 2. The van der Waals surface area contributed by atoms with Crippen LogP contribution in [0.25, 0.3) is 44.1 Å². The Morgan fingerprint density at radius 3 is 1.01 bits per heavy atom. The van der Waals surface area contributed by atoms with Gasteiger partial charge in [0.25, 0.3) is 0 Å². The number of imidazole rings is 4. The van der Waals surface area contributed by atoms with Gasteiger partial charge in [0, 0.05) is 128 Å². The topological polar surface area (TPSA) is 274 Å². The number of pyridine rings is 4. The van der Waals surface area contributed by atoms with Crippen LogP contribution in [0.2, 0.25) is 20.1 Å². The molecular formula is C82H96Cl4N24O2. The second-order valence-electron chi connectivity index (χ2n) is 29.8. The number of aryl methyl sites for hydroxylation is 6. The van der Waals surface area contributed by atoms with Gasteiger partial charge in [-0.1, -0.05) is 86.4 Å². The van der Waals surface area contributed by atoms with Crippen LogP contribution in [0.1, 0.15) is 73.6 Å². The number of halogens is 4. The maximum absolute atomic E-state index is 12.8. The number of benzene rings is 4. The number of aromatic nitrogens is 12. The summed E-state index contributed by atoms with van der Waals surface area (Å²) in [5.74, 6) is 7.26. The van der Waals surface area contributed by atoms with Crippen molar-refractivity contribution in [2.75, 3.05) is 132 Å². The summed E-state index contributed by atoms with van der Waals surface area (Å²) in [6, 6.07) is 33.2. The number of nitrogens with zero attached hydrogens (tertiary/aromatic N) is 16. The minimum Gasteiger partial charge on any atom is -0.355 e. The number of aromatic amines is 4. The molecule has 4 aliphatic heterocycles. The Bertz CT molecular complexity index is 5120. The molecule has 12 heterocycles. The number of H-pyrrole nitrogens is 4. The first-order valence-corrected chi connectivity index (χ1v) is 39.1. The third-order valence-corrected chi connectivity index (χ3v) is 22.0. The fourth-order valence-electron chi connectivity index (χ4n) is 14.0. The molecule has 584 valence electrons. The van der Waals surface area contributed by atoms with Crippen molar-refractivity contribution in [2.24, 2.45) is 0 Å². The lowest BCUT2D eigenvalue weighted by Crippen LogP contribution is -2.55. The average Bonchev–Trinajstić information content (AvgIpc) is 1.54. The first kappa shape index (κ1) is 79.0. The van der Waals surface area contributed by atoms with Crippen LogP contribution in [-0.4, -0.2) is 195 Å². The van der Waals surface area contributed by atoms with Crippen molar-refractivity contribution in [1.29, 1.82) is 0 Å². The Hall–Kier alpha value is -11.1. The van der Waals surface area contributed by atoms with Crippen molar-refractivity contribution < 1.29 is 9.59 Å². The highest BCUT2D eigenvalue weighted by molar-refractivity contribution is 6.34. The molecule has 0 radical (unpaired) electrons. The van der Waals surface area contributed by atoms with Gasteiger partial charge in [0.05, 0.1) is 64.2 Å². The molecule has 8 aromatic heterocycles. The van der Waals surface area contributed by atoms with Gasteiger partial charge in [-0.05, 0) is 197 Å². The van der Waals surface area contributed by atoms with Gasteiger partial charge in [-0.15, -0.1) is 0 Å². The van der Waals surface area contributed by atoms with E-state index in [1.165, 1.54) is 38.9 Å². The quantitative estimate of drug-likeness (QED) is 0.0564. The predicted octanol–water partition coefficient (Wildman–Crippen LogP) is 16.5. The highest BCUT2D eigenvalue weighted by atomic mass is 35.5. The van der Waals surface area contributed by atoms with Crippen molar-refractivity contribution >= 4 is 150 Å². The number of amides is 4. The second kappa shape index (κ2) is 34.3. The summed E-state index contributed by atoms with van der Waals surface area (Å²) in [5.41, 5.74) is 16.1. The molecule has 16 rings (SSSR count). The van der Waals surface area contributed by atoms with Crippen LogP contribution in [0.15, 0.2) is 153 Å². The molecule has 30 heteroatoms.